The molecule has 1 atom stereocenters. The third-order valence-corrected chi connectivity index (χ3v) is 7.13. The van der Waals surface area contributed by atoms with E-state index in [1.165, 1.54) is 18.9 Å². The van der Waals surface area contributed by atoms with Gasteiger partial charge < -0.3 is 20.9 Å². The van der Waals surface area contributed by atoms with Crippen LogP contribution in [-0.4, -0.2) is 24.6 Å². The number of esters is 2. The van der Waals surface area contributed by atoms with Crippen LogP contribution in [0.4, 0.5) is 11.4 Å². The summed E-state index contributed by atoms with van der Waals surface area (Å²) in [6.07, 6.45) is 12.7. The Labute approximate surface area is 221 Å². The standard InChI is InChI=1S/C31H42N2O4/c1-3-5-7-25(26-18-27(32)20-28(33)19-26)21-36-30(34)17-12-23-8-13-24(14-9-23)31(35)37-29-15-10-22(6-4-2)11-16-29/h8-9,12-14,17-20,22,25,29H,3-7,10-11,15-16,21,32-33H2,1-2H3/b17-12+. The van der Waals surface area contributed by atoms with Gasteiger partial charge in [0.25, 0.3) is 0 Å². The molecule has 2 aromatic carbocycles. The second-order valence-corrected chi connectivity index (χ2v) is 10.2. The summed E-state index contributed by atoms with van der Waals surface area (Å²) in [6.45, 7) is 4.61. The number of carbonyl (C=O) groups is 2. The molecule has 1 fully saturated rings. The van der Waals surface area contributed by atoms with Crippen LogP contribution in [0.1, 0.15) is 99.0 Å². The summed E-state index contributed by atoms with van der Waals surface area (Å²) >= 11 is 0. The molecule has 2 aromatic rings. The molecule has 1 unspecified atom stereocenters. The highest BCUT2D eigenvalue weighted by Crippen LogP contribution is 2.30. The van der Waals surface area contributed by atoms with Crippen molar-refractivity contribution in [3.8, 4) is 0 Å². The number of benzene rings is 2. The summed E-state index contributed by atoms with van der Waals surface area (Å²) in [5.74, 6) is 0.112. The van der Waals surface area contributed by atoms with E-state index < -0.39 is 5.97 Å². The Morgan fingerprint density at radius 2 is 1.65 bits per heavy atom. The molecule has 4 N–H and O–H groups in total. The van der Waals surface area contributed by atoms with E-state index in [1.807, 2.05) is 12.1 Å². The van der Waals surface area contributed by atoms with Crippen molar-refractivity contribution in [3.05, 3.63) is 65.2 Å². The summed E-state index contributed by atoms with van der Waals surface area (Å²) in [5.41, 5.74) is 15.4. The van der Waals surface area contributed by atoms with E-state index in [0.717, 1.165) is 62.0 Å². The van der Waals surface area contributed by atoms with Gasteiger partial charge in [0, 0.05) is 23.4 Å². The third-order valence-electron chi connectivity index (χ3n) is 7.13. The average molecular weight is 507 g/mol. The lowest BCUT2D eigenvalue weighted by atomic mass is 9.85. The first-order valence-electron chi connectivity index (χ1n) is 13.7. The molecular formula is C31H42N2O4. The van der Waals surface area contributed by atoms with E-state index >= 15 is 0 Å². The Balaban J connectivity index is 1.49. The van der Waals surface area contributed by atoms with E-state index in [-0.39, 0.29) is 24.6 Å². The van der Waals surface area contributed by atoms with Crippen LogP contribution in [0.15, 0.2) is 48.5 Å². The average Bonchev–Trinajstić information content (AvgIpc) is 2.88. The monoisotopic (exact) mass is 506 g/mol. The molecule has 0 spiro atoms. The Hall–Kier alpha value is -3.28. The van der Waals surface area contributed by atoms with Gasteiger partial charge in [0.05, 0.1) is 12.2 Å². The zero-order valence-corrected chi connectivity index (χ0v) is 22.3. The molecule has 37 heavy (non-hydrogen) atoms. The molecular weight excluding hydrogens is 464 g/mol. The summed E-state index contributed by atoms with van der Waals surface area (Å²) in [4.78, 5) is 24.9. The fraction of sp³-hybridized carbons (Fsp3) is 0.484. The number of unbranched alkanes of at least 4 members (excludes halogenated alkanes) is 1. The van der Waals surface area contributed by atoms with E-state index in [0.29, 0.717) is 16.9 Å². The number of ether oxygens (including phenoxy) is 2. The van der Waals surface area contributed by atoms with E-state index in [2.05, 4.69) is 13.8 Å². The largest absolute Gasteiger partial charge is 0.462 e. The number of nitrogens with two attached hydrogens (primary N) is 2. The highest BCUT2D eigenvalue weighted by Gasteiger charge is 2.24. The van der Waals surface area contributed by atoms with Gasteiger partial charge in [-0.2, -0.15) is 0 Å². The predicted molar refractivity (Wildman–Crippen MR) is 150 cm³/mol. The van der Waals surface area contributed by atoms with Gasteiger partial charge in [-0.1, -0.05) is 51.7 Å². The number of anilines is 2. The lowest BCUT2D eigenvalue weighted by Gasteiger charge is -2.28. The van der Waals surface area contributed by atoms with Gasteiger partial charge in [0.2, 0.25) is 0 Å². The van der Waals surface area contributed by atoms with E-state index in [1.54, 1.807) is 36.4 Å². The second kappa shape index (κ2) is 14.5. The van der Waals surface area contributed by atoms with Crippen molar-refractivity contribution in [2.45, 2.75) is 83.7 Å². The minimum atomic E-state index is -0.416. The van der Waals surface area contributed by atoms with Crippen molar-refractivity contribution in [3.63, 3.8) is 0 Å². The van der Waals surface area contributed by atoms with Crippen LogP contribution in [0, 0.1) is 5.92 Å². The number of nitrogen functional groups attached to an aromatic ring is 2. The van der Waals surface area contributed by atoms with Crippen molar-refractivity contribution < 1.29 is 19.1 Å². The van der Waals surface area contributed by atoms with Crippen LogP contribution >= 0.6 is 0 Å². The van der Waals surface area contributed by atoms with Crippen molar-refractivity contribution in [1.29, 1.82) is 0 Å². The van der Waals surface area contributed by atoms with Gasteiger partial charge in [-0.05, 0) is 85.6 Å². The second-order valence-electron chi connectivity index (χ2n) is 10.2. The molecule has 3 rings (SSSR count). The predicted octanol–water partition coefficient (Wildman–Crippen LogP) is 6.90. The molecule has 0 aliphatic heterocycles. The summed E-state index contributed by atoms with van der Waals surface area (Å²) < 4.78 is 11.3. The molecule has 200 valence electrons. The van der Waals surface area contributed by atoms with Gasteiger partial charge in [-0.15, -0.1) is 0 Å². The molecule has 0 saturated heterocycles. The molecule has 1 aliphatic carbocycles. The Bertz CT molecular complexity index is 1020. The maximum Gasteiger partial charge on any atom is 0.338 e. The van der Waals surface area contributed by atoms with Crippen molar-refractivity contribution >= 4 is 29.4 Å². The topological polar surface area (TPSA) is 105 Å². The normalized spacial score (nSPS) is 18.4. The molecule has 6 nitrogen and oxygen atoms in total. The van der Waals surface area contributed by atoms with Crippen molar-refractivity contribution in [2.75, 3.05) is 18.1 Å². The summed E-state index contributed by atoms with van der Waals surface area (Å²) in [7, 11) is 0. The van der Waals surface area contributed by atoms with Crippen molar-refractivity contribution in [2.24, 2.45) is 5.92 Å². The lowest BCUT2D eigenvalue weighted by Crippen LogP contribution is -2.24. The fourth-order valence-electron chi connectivity index (χ4n) is 5.03. The zero-order valence-electron chi connectivity index (χ0n) is 22.3. The highest BCUT2D eigenvalue weighted by atomic mass is 16.5. The number of rotatable bonds is 12. The van der Waals surface area contributed by atoms with Crippen LogP contribution in [0.5, 0.6) is 0 Å². The van der Waals surface area contributed by atoms with Crippen LogP contribution < -0.4 is 11.5 Å². The maximum atomic E-state index is 12.6. The van der Waals surface area contributed by atoms with Gasteiger partial charge in [0.1, 0.15) is 6.10 Å². The van der Waals surface area contributed by atoms with Crippen molar-refractivity contribution in [1.82, 2.24) is 0 Å². The molecule has 1 saturated carbocycles. The van der Waals surface area contributed by atoms with E-state index in [9.17, 15) is 9.59 Å². The van der Waals surface area contributed by atoms with Gasteiger partial charge in [-0.25, -0.2) is 9.59 Å². The number of carbonyl (C=O) groups excluding carboxylic acids is 2. The fourth-order valence-corrected chi connectivity index (χ4v) is 5.03. The maximum absolute atomic E-state index is 12.6. The van der Waals surface area contributed by atoms with Gasteiger partial charge in [-0.3, -0.25) is 0 Å². The Kier molecular flexibility index (Phi) is 11.1. The molecule has 0 amide bonds. The Morgan fingerprint density at radius 1 is 0.973 bits per heavy atom. The first kappa shape index (κ1) is 28.3. The first-order valence-corrected chi connectivity index (χ1v) is 13.7. The van der Waals surface area contributed by atoms with E-state index in [4.69, 9.17) is 20.9 Å². The molecule has 1 aliphatic rings. The van der Waals surface area contributed by atoms with Crippen LogP contribution in [0.25, 0.3) is 6.08 Å². The van der Waals surface area contributed by atoms with Gasteiger partial charge in [0.15, 0.2) is 0 Å². The van der Waals surface area contributed by atoms with Crippen LogP contribution in [0.3, 0.4) is 0 Å². The SMILES string of the molecule is CCCCC(COC(=O)/C=C/c1ccc(C(=O)OC2CCC(CCC)CC2)cc1)c1cc(N)cc(N)c1. The Morgan fingerprint density at radius 3 is 2.27 bits per heavy atom. The lowest BCUT2D eigenvalue weighted by molar-refractivity contribution is -0.138. The summed E-state index contributed by atoms with van der Waals surface area (Å²) in [5, 5.41) is 0. The van der Waals surface area contributed by atoms with Crippen LogP contribution in [0.2, 0.25) is 0 Å². The first-order chi connectivity index (χ1) is 17.9. The van der Waals surface area contributed by atoms with Crippen LogP contribution in [-0.2, 0) is 14.3 Å². The number of hydrogen-bond donors (Lipinski definition) is 2. The quantitative estimate of drug-likeness (QED) is 0.184. The minimum Gasteiger partial charge on any atom is -0.462 e. The number of hydrogen-bond acceptors (Lipinski definition) is 6. The van der Waals surface area contributed by atoms with Gasteiger partial charge >= 0.3 is 11.9 Å². The molecule has 0 bridgehead atoms. The summed E-state index contributed by atoms with van der Waals surface area (Å²) in [6, 6.07) is 12.6. The molecule has 6 heteroatoms. The molecule has 0 radical (unpaired) electrons. The minimum absolute atomic E-state index is 0.0138. The smallest absolute Gasteiger partial charge is 0.338 e. The zero-order chi connectivity index (χ0) is 26.6. The third kappa shape index (κ3) is 9.27. The molecule has 0 aromatic heterocycles. The molecule has 0 heterocycles. The highest BCUT2D eigenvalue weighted by molar-refractivity contribution is 5.90.